The summed E-state index contributed by atoms with van der Waals surface area (Å²) in [5, 5.41) is 0.699. The molecular formula is C7H5BrClIO. The van der Waals surface area contributed by atoms with Gasteiger partial charge in [0.05, 0.1) is 15.7 Å². The van der Waals surface area contributed by atoms with Crippen LogP contribution in [0.25, 0.3) is 0 Å². The molecule has 0 atom stereocenters. The molecule has 11 heavy (non-hydrogen) atoms. The van der Waals surface area contributed by atoms with Gasteiger partial charge in [-0.05, 0) is 50.7 Å². The molecule has 0 aliphatic carbocycles. The van der Waals surface area contributed by atoms with Gasteiger partial charge in [-0.3, -0.25) is 0 Å². The minimum absolute atomic E-state index is 0.699. The molecule has 0 aliphatic rings. The van der Waals surface area contributed by atoms with E-state index in [4.69, 9.17) is 16.3 Å². The molecule has 0 unspecified atom stereocenters. The lowest BCUT2D eigenvalue weighted by Crippen LogP contribution is -1.87. The highest BCUT2D eigenvalue weighted by molar-refractivity contribution is 14.1. The Kier molecular flexibility index (Phi) is 3.46. The third-order valence-corrected chi connectivity index (χ3v) is 3.89. The smallest absolute Gasteiger partial charge is 0.133 e. The fourth-order valence-corrected chi connectivity index (χ4v) is 2.21. The van der Waals surface area contributed by atoms with E-state index in [0.29, 0.717) is 5.02 Å². The standard InChI is InChI=1S/C7H5BrClIO/c1-11-5-3-2-4(8)6(9)7(5)10/h2-3H,1H3. The number of methoxy groups -OCH3 is 1. The maximum absolute atomic E-state index is 5.93. The number of benzene rings is 1. The van der Waals surface area contributed by atoms with E-state index < -0.39 is 0 Å². The molecule has 0 N–H and O–H groups in total. The van der Waals surface area contributed by atoms with Crippen molar-refractivity contribution in [3.05, 3.63) is 25.2 Å². The summed E-state index contributed by atoms with van der Waals surface area (Å²) < 4.78 is 6.89. The van der Waals surface area contributed by atoms with Crippen molar-refractivity contribution >= 4 is 50.1 Å². The van der Waals surface area contributed by atoms with Gasteiger partial charge >= 0.3 is 0 Å². The van der Waals surface area contributed by atoms with Gasteiger partial charge < -0.3 is 4.74 Å². The molecule has 0 spiro atoms. The maximum Gasteiger partial charge on any atom is 0.133 e. The number of ether oxygens (including phenoxy) is 1. The first kappa shape index (κ1) is 9.61. The molecule has 0 amide bonds. The van der Waals surface area contributed by atoms with Gasteiger partial charge in [-0.15, -0.1) is 0 Å². The lowest BCUT2D eigenvalue weighted by atomic mass is 10.3. The number of rotatable bonds is 1. The zero-order valence-corrected chi connectivity index (χ0v) is 10.2. The van der Waals surface area contributed by atoms with Crippen molar-refractivity contribution in [1.82, 2.24) is 0 Å². The number of halogens is 3. The lowest BCUT2D eigenvalue weighted by molar-refractivity contribution is 0.412. The minimum Gasteiger partial charge on any atom is -0.496 e. The molecule has 60 valence electrons. The van der Waals surface area contributed by atoms with Crippen LogP contribution in [0.1, 0.15) is 0 Å². The summed E-state index contributed by atoms with van der Waals surface area (Å²) in [7, 11) is 1.63. The van der Waals surface area contributed by atoms with E-state index in [-0.39, 0.29) is 0 Å². The van der Waals surface area contributed by atoms with E-state index in [1.165, 1.54) is 0 Å². The number of hydrogen-bond acceptors (Lipinski definition) is 1. The van der Waals surface area contributed by atoms with Crippen LogP contribution in [0.4, 0.5) is 0 Å². The van der Waals surface area contributed by atoms with E-state index in [0.717, 1.165) is 13.8 Å². The Morgan fingerprint density at radius 1 is 1.55 bits per heavy atom. The van der Waals surface area contributed by atoms with Crippen molar-refractivity contribution in [1.29, 1.82) is 0 Å². The highest BCUT2D eigenvalue weighted by atomic mass is 127. The molecular weight excluding hydrogens is 342 g/mol. The maximum atomic E-state index is 5.93. The van der Waals surface area contributed by atoms with Gasteiger partial charge in [0.25, 0.3) is 0 Å². The number of hydrogen-bond donors (Lipinski definition) is 0. The van der Waals surface area contributed by atoms with E-state index in [2.05, 4.69) is 38.5 Å². The zero-order valence-electron chi connectivity index (χ0n) is 5.70. The molecule has 0 fully saturated rings. The normalized spacial score (nSPS) is 9.82. The molecule has 4 heteroatoms. The molecule has 0 saturated heterocycles. The Morgan fingerprint density at radius 2 is 2.18 bits per heavy atom. The van der Waals surface area contributed by atoms with Crippen LogP contribution in [-0.2, 0) is 0 Å². The van der Waals surface area contributed by atoms with Crippen molar-refractivity contribution in [3.8, 4) is 5.75 Å². The first-order chi connectivity index (χ1) is 5.16. The summed E-state index contributed by atoms with van der Waals surface area (Å²) in [5.41, 5.74) is 0. The molecule has 0 saturated carbocycles. The van der Waals surface area contributed by atoms with E-state index in [1.54, 1.807) is 7.11 Å². The predicted molar refractivity (Wildman–Crippen MR) is 58.4 cm³/mol. The highest BCUT2D eigenvalue weighted by Gasteiger charge is 2.06. The van der Waals surface area contributed by atoms with Crippen LogP contribution in [-0.4, -0.2) is 7.11 Å². The van der Waals surface area contributed by atoms with Crippen LogP contribution < -0.4 is 4.74 Å². The molecule has 1 rings (SSSR count). The second-order valence-electron chi connectivity index (χ2n) is 1.88. The average Bonchev–Trinajstić information content (AvgIpc) is 2.01. The summed E-state index contributed by atoms with van der Waals surface area (Å²) in [4.78, 5) is 0. The molecule has 1 aromatic rings. The average molecular weight is 347 g/mol. The molecule has 0 aromatic heterocycles. The molecule has 0 aliphatic heterocycles. The topological polar surface area (TPSA) is 9.23 Å². The highest BCUT2D eigenvalue weighted by Crippen LogP contribution is 2.33. The molecule has 0 radical (unpaired) electrons. The Balaban J connectivity index is 3.25. The van der Waals surface area contributed by atoms with Crippen molar-refractivity contribution in [2.45, 2.75) is 0 Å². The summed E-state index contributed by atoms with van der Waals surface area (Å²) in [6, 6.07) is 3.74. The van der Waals surface area contributed by atoms with Crippen LogP contribution in [0.5, 0.6) is 5.75 Å². The quantitative estimate of drug-likeness (QED) is 0.556. The second-order valence-corrected chi connectivity index (χ2v) is 4.19. The third kappa shape index (κ3) is 2.00. The Hall–Kier alpha value is 0.520. The zero-order chi connectivity index (χ0) is 8.43. The summed E-state index contributed by atoms with van der Waals surface area (Å²) in [6.07, 6.45) is 0. The van der Waals surface area contributed by atoms with E-state index >= 15 is 0 Å². The predicted octanol–water partition coefficient (Wildman–Crippen LogP) is 3.72. The molecule has 0 bridgehead atoms. The van der Waals surface area contributed by atoms with Crippen molar-refractivity contribution in [2.24, 2.45) is 0 Å². The van der Waals surface area contributed by atoms with Gasteiger partial charge in [0.2, 0.25) is 0 Å². The monoisotopic (exact) mass is 346 g/mol. The van der Waals surface area contributed by atoms with Gasteiger partial charge in [-0.2, -0.15) is 0 Å². The van der Waals surface area contributed by atoms with Gasteiger partial charge in [0.1, 0.15) is 5.75 Å². The Morgan fingerprint density at radius 3 is 2.73 bits per heavy atom. The Bertz CT molecular complexity index is 277. The van der Waals surface area contributed by atoms with Crippen LogP contribution in [0.2, 0.25) is 5.02 Å². The van der Waals surface area contributed by atoms with Crippen LogP contribution in [0.15, 0.2) is 16.6 Å². The molecule has 1 aromatic carbocycles. The lowest BCUT2D eigenvalue weighted by Gasteiger charge is -2.04. The van der Waals surface area contributed by atoms with Gasteiger partial charge in [0, 0.05) is 4.47 Å². The first-order valence-corrected chi connectivity index (χ1v) is 5.09. The van der Waals surface area contributed by atoms with Crippen LogP contribution in [0.3, 0.4) is 0 Å². The van der Waals surface area contributed by atoms with E-state index in [9.17, 15) is 0 Å². The summed E-state index contributed by atoms with van der Waals surface area (Å²) in [5.74, 6) is 0.804. The van der Waals surface area contributed by atoms with Crippen molar-refractivity contribution < 1.29 is 4.74 Å². The Labute approximate surface area is 92.3 Å². The van der Waals surface area contributed by atoms with Crippen molar-refractivity contribution in [3.63, 3.8) is 0 Å². The fraction of sp³-hybridized carbons (Fsp3) is 0.143. The SMILES string of the molecule is COc1ccc(Br)c(Cl)c1I. The summed E-state index contributed by atoms with van der Waals surface area (Å²) >= 11 is 11.4. The second kappa shape index (κ2) is 3.96. The molecule has 1 nitrogen and oxygen atoms in total. The summed E-state index contributed by atoms with van der Waals surface area (Å²) in [6.45, 7) is 0. The first-order valence-electron chi connectivity index (χ1n) is 2.84. The third-order valence-electron chi connectivity index (χ3n) is 1.22. The largest absolute Gasteiger partial charge is 0.496 e. The fourth-order valence-electron chi connectivity index (χ4n) is 0.666. The minimum atomic E-state index is 0.699. The van der Waals surface area contributed by atoms with Crippen molar-refractivity contribution in [2.75, 3.05) is 7.11 Å². The van der Waals surface area contributed by atoms with Crippen LogP contribution >= 0.6 is 50.1 Å². The van der Waals surface area contributed by atoms with E-state index in [1.807, 2.05) is 12.1 Å². The van der Waals surface area contributed by atoms with Gasteiger partial charge in [0.15, 0.2) is 0 Å². The van der Waals surface area contributed by atoms with Gasteiger partial charge in [-0.1, -0.05) is 11.6 Å². The van der Waals surface area contributed by atoms with Crippen LogP contribution in [0, 0.1) is 3.57 Å². The van der Waals surface area contributed by atoms with Gasteiger partial charge in [-0.25, -0.2) is 0 Å². The molecule has 0 heterocycles.